The van der Waals surface area contributed by atoms with Gasteiger partial charge in [-0.25, -0.2) is 21.6 Å². The molecule has 12 nitrogen and oxygen atoms in total. The minimum Gasteiger partial charge on any atom is -0.364 e. The lowest BCUT2D eigenvalue weighted by molar-refractivity contribution is -0.143. The van der Waals surface area contributed by atoms with Crippen molar-refractivity contribution in [2.75, 3.05) is 26.2 Å². The number of halogens is 1. The number of sulfonamides is 2. The second kappa shape index (κ2) is 13.0. The van der Waals surface area contributed by atoms with Crippen molar-refractivity contribution in [1.82, 2.24) is 24.4 Å². The van der Waals surface area contributed by atoms with Crippen LogP contribution in [0.2, 0.25) is 4.34 Å². The Kier molecular flexibility index (Phi) is 9.51. The van der Waals surface area contributed by atoms with Crippen LogP contribution in [0.3, 0.4) is 0 Å². The molecule has 42 heavy (non-hydrogen) atoms. The second-order valence-electron chi connectivity index (χ2n) is 9.80. The fourth-order valence-electron chi connectivity index (χ4n) is 4.87. The molecule has 226 valence electrons. The van der Waals surface area contributed by atoms with Crippen molar-refractivity contribution in [3.05, 3.63) is 51.2 Å². The van der Waals surface area contributed by atoms with Gasteiger partial charge in [0.2, 0.25) is 31.9 Å². The molecule has 2 aliphatic rings. The molecule has 2 atom stereocenters. The Morgan fingerprint density at radius 1 is 1.10 bits per heavy atom. The molecule has 3 aromatic heterocycles. The summed E-state index contributed by atoms with van der Waals surface area (Å²) in [5, 5.41) is 4.82. The number of nitrogens with one attached hydrogen (secondary N) is 2. The highest BCUT2D eigenvalue weighted by atomic mass is 35.5. The van der Waals surface area contributed by atoms with Crippen molar-refractivity contribution in [2.45, 2.75) is 42.0 Å². The lowest BCUT2D eigenvalue weighted by Gasteiger charge is -2.34. The first-order chi connectivity index (χ1) is 20.0. The SMILES string of the molecule is O=C1C(NS(=O)(=O)/C=C/c2ccc(Cl)s2)CCCN1CC(=O)N1CCCC1CNS(=O)(=O)c1ccc(-c2ccon2)s1. The van der Waals surface area contributed by atoms with Crippen LogP contribution in [0.15, 0.2) is 50.7 Å². The number of aromatic nitrogens is 1. The number of nitrogens with zero attached hydrogens (tertiary/aromatic N) is 3. The van der Waals surface area contributed by atoms with Gasteiger partial charge < -0.3 is 14.3 Å². The summed E-state index contributed by atoms with van der Waals surface area (Å²) in [4.78, 5) is 30.6. The highest BCUT2D eigenvalue weighted by Gasteiger charge is 2.36. The average Bonchev–Trinajstić information content (AvgIpc) is 3.76. The lowest BCUT2D eigenvalue weighted by atomic mass is 10.1. The molecule has 2 amide bonds. The van der Waals surface area contributed by atoms with E-state index in [0.29, 0.717) is 58.6 Å². The van der Waals surface area contributed by atoms with Gasteiger partial charge in [-0.3, -0.25) is 9.59 Å². The van der Waals surface area contributed by atoms with E-state index in [4.69, 9.17) is 16.1 Å². The molecule has 0 aliphatic carbocycles. The number of carbonyl (C=O) groups excluding carboxylic acids is 2. The highest BCUT2D eigenvalue weighted by Crippen LogP contribution is 2.30. The molecule has 2 N–H and O–H groups in total. The summed E-state index contributed by atoms with van der Waals surface area (Å²) < 4.78 is 61.5. The molecule has 2 saturated heterocycles. The van der Waals surface area contributed by atoms with Gasteiger partial charge in [0.15, 0.2) is 0 Å². The van der Waals surface area contributed by atoms with Gasteiger partial charge in [0.25, 0.3) is 0 Å². The van der Waals surface area contributed by atoms with Crippen molar-refractivity contribution in [2.24, 2.45) is 0 Å². The molecule has 0 bridgehead atoms. The van der Waals surface area contributed by atoms with E-state index in [-0.39, 0.29) is 29.2 Å². The quantitative estimate of drug-likeness (QED) is 0.314. The molecule has 2 fully saturated rings. The second-order valence-corrected chi connectivity index (χ2v) is 16.2. The summed E-state index contributed by atoms with van der Waals surface area (Å²) in [5.41, 5.74) is 0.538. The molecule has 2 aliphatic heterocycles. The van der Waals surface area contributed by atoms with Crippen LogP contribution in [-0.4, -0.2) is 81.9 Å². The van der Waals surface area contributed by atoms with Gasteiger partial charge in [-0.15, -0.1) is 22.7 Å². The fraction of sp³-hybridized carbons (Fsp3) is 0.400. The van der Waals surface area contributed by atoms with Crippen LogP contribution in [0, 0.1) is 0 Å². The van der Waals surface area contributed by atoms with Crippen molar-refractivity contribution < 1.29 is 30.9 Å². The Labute approximate surface area is 256 Å². The first-order valence-corrected chi connectivity index (χ1v) is 18.1. The minimum absolute atomic E-state index is 0.0312. The van der Waals surface area contributed by atoms with Crippen LogP contribution in [0.25, 0.3) is 16.6 Å². The third-order valence-electron chi connectivity index (χ3n) is 6.91. The van der Waals surface area contributed by atoms with E-state index >= 15 is 0 Å². The average molecular weight is 674 g/mol. The Balaban J connectivity index is 1.16. The zero-order valence-electron chi connectivity index (χ0n) is 22.1. The van der Waals surface area contributed by atoms with Crippen molar-refractivity contribution in [3.8, 4) is 10.6 Å². The van der Waals surface area contributed by atoms with Gasteiger partial charge in [0.05, 0.1) is 15.8 Å². The van der Waals surface area contributed by atoms with Crippen LogP contribution >= 0.6 is 34.3 Å². The Morgan fingerprint density at radius 3 is 2.64 bits per heavy atom. The zero-order chi connectivity index (χ0) is 29.9. The van der Waals surface area contributed by atoms with E-state index in [2.05, 4.69) is 14.6 Å². The van der Waals surface area contributed by atoms with E-state index in [1.165, 1.54) is 34.6 Å². The third kappa shape index (κ3) is 7.48. The summed E-state index contributed by atoms with van der Waals surface area (Å²) in [6.45, 7) is 0.582. The Hall–Kier alpha value is -2.60. The Bertz CT molecular complexity index is 1670. The van der Waals surface area contributed by atoms with Gasteiger partial charge in [-0.2, -0.15) is 4.72 Å². The standard InChI is InChI=1S/C25H28ClN5O7S4/c26-22-7-5-18(39-22)10-14-41(34,35)29-20-4-2-11-30(25(20)33)16-23(32)31-12-1-3-17(31)15-27-42(36,37)24-8-6-21(40-24)19-9-13-38-28-19/h5-10,13-14,17,20,27,29H,1-4,11-12,15-16H2/b14-10+. The third-order valence-corrected chi connectivity index (χ3v) is 12.2. The number of likely N-dealkylation sites (tertiary alicyclic amines) is 2. The molecular formula is C25H28ClN5O7S4. The first-order valence-electron chi connectivity index (χ1n) is 13.0. The van der Waals surface area contributed by atoms with E-state index in [1.54, 1.807) is 29.2 Å². The fourth-order valence-corrected chi connectivity index (χ4v) is 9.32. The minimum atomic E-state index is -3.92. The smallest absolute Gasteiger partial charge is 0.250 e. The van der Waals surface area contributed by atoms with Gasteiger partial charge >= 0.3 is 0 Å². The molecule has 2 unspecified atom stereocenters. The maximum atomic E-state index is 13.2. The molecule has 5 rings (SSSR count). The highest BCUT2D eigenvalue weighted by molar-refractivity contribution is 7.92. The topological polar surface area (TPSA) is 159 Å². The normalized spacial score (nSPS) is 20.2. The van der Waals surface area contributed by atoms with Gasteiger partial charge in [0, 0.05) is 42.0 Å². The largest absolute Gasteiger partial charge is 0.364 e. The van der Waals surface area contributed by atoms with Crippen molar-refractivity contribution >= 4 is 72.2 Å². The molecule has 17 heteroatoms. The molecular weight excluding hydrogens is 646 g/mol. The molecule has 5 heterocycles. The number of amides is 2. The maximum Gasteiger partial charge on any atom is 0.250 e. The number of hydrogen-bond acceptors (Lipinski definition) is 10. The van der Waals surface area contributed by atoms with E-state index < -0.39 is 32.0 Å². The van der Waals surface area contributed by atoms with Crippen LogP contribution in [0.4, 0.5) is 0 Å². The van der Waals surface area contributed by atoms with Crippen LogP contribution < -0.4 is 9.44 Å². The molecule has 0 radical (unpaired) electrons. The van der Waals surface area contributed by atoms with Gasteiger partial charge in [-0.05, 0) is 56.0 Å². The predicted molar refractivity (Wildman–Crippen MR) is 160 cm³/mol. The number of piperidine rings is 1. The first kappa shape index (κ1) is 30.8. The monoisotopic (exact) mass is 673 g/mol. The number of carbonyl (C=O) groups is 2. The summed E-state index contributed by atoms with van der Waals surface area (Å²) >= 11 is 8.17. The van der Waals surface area contributed by atoms with Crippen LogP contribution in [0.1, 0.15) is 30.6 Å². The van der Waals surface area contributed by atoms with E-state index in [1.807, 2.05) is 0 Å². The maximum absolute atomic E-state index is 13.2. The van der Waals surface area contributed by atoms with Crippen LogP contribution in [0.5, 0.6) is 0 Å². The lowest BCUT2D eigenvalue weighted by Crippen LogP contribution is -2.55. The van der Waals surface area contributed by atoms with E-state index in [0.717, 1.165) is 16.7 Å². The van der Waals surface area contributed by atoms with Crippen LogP contribution in [-0.2, 0) is 29.6 Å². The van der Waals surface area contributed by atoms with E-state index in [9.17, 15) is 26.4 Å². The summed E-state index contributed by atoms with van der Waals surface area (Å²) in [6.07, 6.45) is 4.97. The summed E-state index contributed by atoms with van der Waals surface area (Å²) in [5.74, 6) is -0.782. The molecule has 0 aromatic carbocycles. The van der Waals surface area contributed by atoms with Crippen molar-refractivity contribution in [3.63, 3.8) is 0 Å². The predicted octanol–water partition coefficient (Wildman–Crippen LogP) is 2.97. The summed E-state index contributed by atoms with van der Waals surface area (Å²) in [6, 6.07) is 6.78. The van der Waals surface area contributed by atoms with Crippen molar-refractivity contribution in [1.29, 1.82) is 0 Å². The number of rotatable bonds is 11. The Morgan fingerprint density at radius 2 is 1.90 bits per heavy atom. The number of thiophene rings is 2. The summed E-state index contributed by atoms with van der Waals surface area (Å²) in [7, 11) is -7.74. The zero-order valence-corrected chi connectivity index (χ0v) is 26.2. The molecule has 0 spiro atoms. The van der Waals surface area contributed by atoms with Gasteiger partial charge in [-0.1, -0.05) is 16.8 Å². The molecule has 0 saturated carbocycles. The van der Waals surface area contributed by atoms with Gasteiger partial charge in [0.1, 0.15) is 22.2 Å². The number of hydrogen-bond donors (Lipinski definition) is 2. The molecule has 3 aromatic rings.